The van der Waals surface area contributed by atoms with Gasteiger partial charge in [0.05, 0.1) is 0 Å². The summed E-state index contributed by atoms with van der Waals surface area (Å²) < 4.78 is 0. The molecule has 0 radical (unpaired) electrons. The van der Waals surface area contributed by atoms with E-state index in [1.807, 2.05) is 0 Å². The first-order valence-corrected chi connectivity index (χ1v) is 13.1. The summed E-state index contributed by atoms with van der Waals surface area (Å²) in [5.41, 5.74) is 7.30. The average Bonchev–Trinajstić information content (AvgIpc) is 2.93. The third-order valence-corrected chi connectivity index (χ3v) is 7.16. The summed E-state index contributed by atoms with van der Waals surface area (Å²) in [5, 5.41) is 5.05. The summed E-state index contributed by atoms with van der Waals surface area (Å²) in [6.45, 7) is 4.40. The third kappa shape index (κ3) is 4.99. The summed E-state index contributed by atoms with van der Waals surface area (Å²) in [7, 11) is 0. The Kier molecular flexibility index (Phi) is 6.20. The quantitative estimate of drug-likeness (QED) is 0.228. The Morgan fingerprint density at radius 3 is 1.95 bits per heavy atom. The van der Waals surface area contributed by atoms with Gasteiger partial charge in [-0.15, -0.1) is 0 Å². The monoisotopic (exact) mass is 477 g/mol. The van der Waals surface area contributed by atoms with Crippen molar-refractivity contribution in [3.63, 3.8) is 0 Å². The van der Waals surface area contributed by atoms with E-state index in [2.05, 4.69) is 152 Å². The van der Waals surface area contributed by atoms with E-state index in [4.69, 9.17) is 0 Å². The minimum atomic E-state index is 0.586. The topological polar surface area (TPSA) is 3.24 Å². The number of nitrogens with zero attached hydrogens (tertiary/aromatic N) is 1. The number of allylic oxidation sites excluding steroid dienone is 3. The van der Waals surface area contributed by atoms with Crippen molar-refractivity contribution >= 4 is 45.1 Å². The lowest BCUT2D eigenvalue weighted by atomic mass is 10.00. The van der Waals surface area contributed by atoms with E-state index in [0.717, 1.165) is 6.42 Å². The van der Waals surface area contributed by atoms with Gasteiger partial charge in [0.1, 0.15) is 0 Å². The zero-order chi connectivity index (χ0) is 25.2. The molecule has 0 amide bonds. The van der Waals surface area contributed by atoms with Gasteiger partial charge in [-0.05, 0) is 94.4 Å². The van der Waals surface area contributed by atoms with Crippen LogP contribution >= 0.6 is 0 Å². The second-order valence-corrected chi connectivity index (χ2v) is 10.1. The van der Waals surface area contributed by atoms with E-state index in [9.17, 15) is 0 Å². The van der Waals surface area contributed by atoms with Gasteiger partial charge in [0.15, 0.2) is 0 Å². The van der Waals surface area contributed by atoms with Crippen LogP contribution in [0.4, 0.5) is 11.4 Å². The van der Waals surface area contributed by atoms with Crippen LogP contribution in [0.3, 0.4) is 0 Å². The number of para-hydroxylation sites is 1. The molecular formula is C36H31N. The maximum absolute atomic E-state index is 2.36. The molecule has 5 aromatic rings. The Bertz CT molecular complexity index is 1670. The molecule has 1 heteroatoms. The first-order chi connectivity index (χ1) is 18.1. The summed E-state index contributed by atoms with van der Waals surface area (Å²) in [6.07, 6.45) is 12.4. The van der Waals surface area contributed by atoms with Crippen molar-refractivity contribution in [2.24, 2.45) is 5.92 Å². The molecule has 1 aliphatic rings. The smallest absolute Gasteiger partial charge is 0.0467 e. The number of aryl methyl sites for hydroxylation is 1. The Balaban J connectivity index is 1.30. The van der Waals surface area contributed by atoms with Gasteiger partial charge in [0.25, 0.3) is 0 Å². The molecule has 0 aromatic heterocycles. The molecule has 1 nitrogen and oxygen atoms in total. The molecule has 0 saturated carbocycles. The van der Waals surface area contributed by atoms with Crippen LogP contribution in [0.15, 0.2) is 127 Å². The van der Waals surface area contributed by atoms with Gasteiger partial charge in [-0.1, -0.05) is 104 Å². The lowest BCUT2D eigenvalue weighted by molar-refractivity contribution is 0.728. The maximum atomic E-state index is 2.36. The minimum Gasteiger partial charge on any atom is -0.311 e. The maximum Gasteiger partial charge on any atom is 0.0467 e. The predicted octanol–water partition coefficient (Wildman–Crippen LogP) is 10.1. The fourth-order valence-corrected chi connectivity index (χ4v) is 5.08. The van der Waals surface area contributed by atoms with Gasteiger partial charge in [-0.2, -0.15) is 0 Å². The number of anilines is 2. The largest absolute Gasteiger partial charge is 0.311 e. The minimum absolute atomic E-state index is 0.586. The normalized spacial score (nSPS) is 15.4. The van der Waals surface area contributed by atoms with E-state index in [-0.39, 0.29) is 0 Å². The molecule has 0 fully saturated rings. The molecule has 1 atom stereocenters. The third-order valence-electron chi connectivity index (χ3n) is 7.16. The van der Waals surface area contributed by atoms with Crippen LogP contribution in [-0.2, 0) is 0 Å². The van der Waals surface area contributed by atoms with E-state index in [0.29, 0.717) is 5.92 Å². The fraction of sp³-hybridized carbons (Fsp3) is 0.111. The van der Waals surface area contributed by atoms with Gasteiger partial charge in [0, 0.05) is 17.1 Å². The van der Waals surface area contributed by atoms with Crippen molar-refractivity contribution in [1.82, 2.24) is 0 Å². The van der Waals surface area contributed by atoms with Crippen molar-refractivity contribution in [3.8, 4) is 0 Å². The Morgan fingerprint density at radius 2 is 1.27 bits per heavy atom. The highest BCUT2D eigenvalue weighted by Gasteiger charge is 2.16. The van der Waals surface area contributed by atoms with E-state index in [1.165, 1.54) is 55.3 Å². The molecule has 0 N–H and O–H groups in total. The number of benzene rings is 5. The summed E-state index contributed by atoms with van der Waals surface area (Å²) in [4.78, 5) is 2.36. The van der Waals surface area contributed by atoms with Crippen LogP contribution in [0, 0.1) is 12.8 Å². The Hall–Kier alpha value is -4.36. The van der Waals surface area contributed by atoms with Crippen LogP contribution in [0.2, 0.25) is 0 Å². The Morgan fingerprint density at radius 1 is 0.649 bits per heavy atom. The van der Waals surface area contributed by atoms with Crippen molar-refractivity contribution in [1.29, 1.82) is 0 Å². The van der Waals surface area contributed by atoms with E-state index >= 15 is 0 Å². The van der Waals surface area contributed by atoms with Crippen LogP contribution < -0.4 is 4.90 Å². The summed E-state index contributed by atoms with van der Waals surface area (Å²) >= 11 is 0. The highest BCUT2D eigenvalue weighted by molar-refractivity contribution is 5.91. The first-order valence-electron chi connectivity index (χ1n) is 13.1. The first kappa shape index (κ1) is 23.1. The molecular weight excluding hydrogens is 446 g/mol. The molecule has 0 saturated heterocycles. The van der Waals surface area contributed by atoms with Crippen molar-refractivity contribution in [3.05, 3.63) is 144 Å². The number of fused-ring (bicyclic) bond motifs is 2. The van der Waals surface area contributed by atoms with Crippen molar-refractivity contribution in [2.45, 2.75) is 20.3 Å². The van der Waals surface area contributed by atoms with Gasteiger partial charge in [-0.25, -0.2) is 0 Å². The van der Waals surface area contributed by atoms with Gasteiger partial charge in [0.2, 0.25) is 0 Å². The standard InChI is InChI=1S/C36H31N/c1-26-9-19-35(20-10-26)37(34-6-4-3-5-7-34)36-21-18-32-24-29(14-17-33(32)25-36)12-11-28-13-16-30-22-27(2)8-15-31(30)23-28/h3-9,11-26H,10H2,1-2H3/b12-11+. The van der Waals surface area contributed by atoms with Crippen LogP contribution in [0.5, 0.6) is 0 Å². The number of hydrogen-bond donors (Lipinski definition) is 0. The van der Waals surface area contributed by atoms with Gasteiger partial charge >= 0.3 is 0 Å². The SMILES string of the molecule is Cc1ccc2cc(/C=C/c3ccc4cc(N(C5=CCC(C)C=C5)c5ccccc5)ccc4c3)ccc2c1. The zero-order valence-corrected chi connectivity index (χ0v) is 21.4. The van der Waals surface area contributed by atoms with Crippen LogP contribution in [0.1, 0.15) is 30.0 Å². The molecule has 0 aliphatic heterocycles. The molecule has 6 rings (SSSR count). The Labute approximate surface area is 219 Å². The van der Waals surface area contributed by atoms with E-state index < -0.39 is 0 Å². The predicted molar refractivity (Wildman–Crippen MR) is 161 cm³/mol. The molecule has 1 unspecified atom stereocenters. The second kappa shape index (κ2) is 9.95. The summed E-state index contributed by atoms with van der Waals surface area (Å²) in [5.74, 6) is 0.586. The van der Waals surface area contributed by atoms with Gasteiger partial charge < -0.3 is 4.90 Å². The molecule has 0 bridgehead atoms. The highest BCUT2D eigenvalue weighted by atomic mass is 15.1. The van der Waals surface area contributed by atoms with Crippen molar-refractivity contribution in [2.75, 3.05) is 4.90 Å². The lowest BCUT2D eigenvalue weighted by Gasteiger charge is -2.28. The average molecular weight is 478 g/mol. The molecule has 0 heterocycles. The van der Waals surface area contributed by atoms with Crippen LogP contribution in [-0.4, -0.2) is 0 Å². The summed E-state index contributed by atoms with van der Waals surface area (Å²) in [6, 6.07) is 37.4. The molecule has 0 spiro atoms. The second-order valence-electron chi connectivity index (χ2n) is 10.1. The molecule has 180 valence electrons. The molecule has 1 aliphatic carbocycles. The molecule has 5 aromatic carbocycles. The lowest BCUT2D eigenvalue weighted by Crippen LogP contribution is -2.17. The highest BCUT2D eigenvalue weighted by Crippen LogP contribution is 2.34. The van der Waals surface area contributed by atoms with Gasteiger partial charge in [-0.3, -0.25) is 0 Å². The van der Waals surface area contributed by atoms with E-state index in [1.54, 1.807) is 0 Å². The molecule has 37 heavy (non-hydrogen) atoms. The zero-order valence-electron chi connectivity index (χ0n) is 21.4. The fourth-order valence-electron chi connectivity index (χ4n) is 5.08. The number of hydrogen-bond acceptors (Lipinski definition) is 1. The van der Waals surface area contributed by atoms with Crippen LogP contribution in [0.25, 0.3) is 33.7 Å². The van der Waals surface area contributed by atoms with Crippen molar-refractivity contribution < 1.29 is 0 Å². The number of rotatable bonds is 5.